The minimum absolute atomic E-state index is 0.199. The Labute approximate surface area is 180 Å². The molecule has 0 spiro atoms. The molecule has 2 aromatic carbocycles. The lowest BCUT2D eigenvalue weighted by molar-refractivity contribution is -0.153. The molecule has 0 bridgehead atoms. The van der Waals surface area contributed by atoms with E-state index in [-0.39, 0.29) is 12.5 Å². The van der Waals surface area contributed by atoms with Crippen LogP contribution in [0, 0.1) is 5.92 Å². The number of aromatic nitrogens is 2. The van der Waals surface area contributed by atoms with Gasteiger partial charge in [0.2, 0.25) is 11.9 Å². The maximum Gasteiger partial charge on any atom is 0.321 e. The predicted octanol–water partition coefficient (Wildman–Crippen LogP) is 4.61. The quantitative estimate of drug-likeness (QED) is 0.427. The number of nitrogens with zero attached hydrogens (tertiary/aromatic N) is 3. The fourth-order valence-corrected chi connectivity index (χ4v) is 4.32. The van der Waals surface area contributed by atoms with Crippen LogP contribution in [0.1, 0.15) is 38.3 Å². The van der Waals surface area contributed by atoms with Crippen molar-refractivity contribution in [2.75, 3.05) is 18.1 Å². The van der Waals surface area contributed by atoms with Gasteiger partial charge in [0.05, 0.1) is 23.7 Å². The fraction of sp³-hybridized carbons (Fsp3) is 0.348. The number of unbranched alkanes of at least 4 members (excludes halogenated alkanes) is 1. The average Bonchev–Trinajstić information content (AvgIpc) is 3.12. The molecular formula is C23H24ClN3O3. The molecule has 1 aliphatic heterocycles. The van der Waals surface area contributed by atoms with Crippen molar-refractivity contribution < 1.29 is 14.3 Å². The van der Waals surface area contributed by atoms with Gasteiger partial charge < -0.3 is 9.30 Å². The number of benzene rings is 2. The number of hydrogen-bond acceptors (Lipinski definition) is 4. The minimum Gasteiger partial charge on any atom is -0.465 e. The van der Waals surface area contributed by atoms with Crippen LogP contribution in [0.4, 0.5) is 5.95 Å². The lowest BCUT2D eigenvalue weighted by Gasteiger charge is -2.38. The first-order valence-electron chi connectivity index (χ1n) is 10.3. The Balaban J connectivity index is 2.00. The smallest absolute Gasteiger partial charge is 0.321 e. The Morgan fingerprint density at radius 2 is 1.87 bits per heavy atom. The summed E-state index contributed by atoms with van der Waals surface area (Å²) in [5.74, 6) is -1.33. The molecule has 156 valence electrons. The number of halogens is 1. The van der Waals surface area contributed by atoms with Gasteiger partial charge in [-0.05, 0) is 37.1 Å². The van der Waals surface area contributed by atoms with Crippen LogP contribution in [0.2, 0.25) is 5.02 Å². The zero-order chi connectivity index (χ0) is 21.3. The highest BCUT2D eigenvalue weighted by atomic mass is 35.5. The van der Waals surface area contributed by atoms with Crippen molar-refractivity contribution in [2.24, 2.45) is 5.92 Å². The van der Waals surface area contributed by atoms with Crippen LogP contribution in [-0.2, 0) is 14.3 Å². The van der Waals surface area contributed by atoms with E-state index >= 15 is 0 Å². The molecule has 0 fully saturated rings. The molecule has 0 saturated heterocycles. The van der Waals surface area contributed by atoms with Crippen molar-refractivity contribution in [2.45, 2.75) is 32.7 Å². The standard InChI is InChI=1S/C23H24ClN3O3/c1-3-5-14-26-21(28)19(22(29)30-4-2)20(15-10-6-7-11-16(15)24)27-18-13-9-8-12-17(18)25-23(26)27/h6-13,19-20H,3-5,14H2,1-2H3/t19-,20+/m1/s1. The number of ether oxygens (including phenoxy) is 1. The average molecular weight is 426 g/mol. The van der Waals surface area contributed by atoms with Crippen LogP contribution in [0.3, 0.4) is 0 Å². The summed E-state index contributed by atoms with van der Waals surface area (Å²) >= 11 is 6.55. The molecule has 3 aromatic rings. The summed E-state index contributed by atoms with van der Waals surface area (Å²) < 4.78 is 7.30. The van der Waals surface area contributed by atoms with Gasteiger partial charge in [-0.25, -0.2) is 4.98 Å². The highest BCUT2D eigenvalue weighted by molar-refractivity contribution is 6.31. The predicted molar refractivity (Wildman–Crippen MR) is 117 cm³/mol. The maximum atomic E-state index is 13.6. The fourth-order valence-electron chi connectivity index (χ4n) is 4.07. The van der Waals surface area contributed by atoms with Crippen molar-refractivity contribution in [1.82, 2.24) is 9.55 Å². The summed E-state index contributed by atoms with van der Waals surface area (Å²) in [6, 6.07) is 14.4. The lowest BCUT2D eigenvalue weighted by Crippen LogP contribution is -2.50. The van der Waals surface area contributed by atoms with E-state index in [1.54, 1.807) is 17.9 Å². The van der Waals surface area contributed by atoms with E-state index in [9.17, 15) is 9.59 Å². The first-order chi connectivity index (χ1) is 14.6. The Morgan fingerprint density at radius 3 is 2.60 bits per heavy atom. The number of esters is 1. The third-order valence-electron chi connectivity index (χ3n) is 5.44. The number of para-hydroxylation sites is 2. The number of fused-ring (bicyclic) bond motifs is 3. The molecule has 1 aliphatic rings. The number of amides is 1. The van der Waals surface area contributed by atoms with Gasteiger partial charge in [0.25, 0.3) is 0 Å². The summed E-state index contributed by atoms with van der Waals surface area (Å²) in [4.78, 5) is 33.0. The number of rotatable bonds is 6. The van der Waals surface area contributed by atoms with Crippen LogP contribution in [-0.4, -0.2) is 34.6 Å². The number of anilines is 1. The van der Waals surface area contributed by atoms with Crippen molar-refractivity contribution in [3.63, 3.8) is 0 Å². The van der Waals surface area contributed by atoms with Crippen LogP contribution in [0.25, 0.3) is 11.0 Å². The van der Waals surface area contributed by atoms with Crippen molar-refractivity contribution in [3.05, 3.63) is 59.1 Å². The van der Waals surface area contributed by atoms with Gasteiger partial charge in [0.15, 0.2) is 5.92 Å². The monoisotopic (exact) mass is 425 g/mol. The molecule has 0 aliphatic carbocycles. The zero-order valence-electron chi connectivity index (χ0n) is 17.0. The lowest BCUT2D eigenvalue weighted by atomic mass is 9.89. The molecule has 0 N–H and O–H groups in total. The summed E-state index contributed by atoms with van der Waals surface area (Å²) in [5.41, 5.74) is 2.31. The van der Waals surface area contributed by atoms with E-state index in [0.29, 0.717) is 23.1 Å². The van der Waals surface area contributed by atoms with Gasteiger partial charge in [-0.3, -0.25) is 14.5 Å². The van der Waals surface area contributed by atoms with Gasteiger partial charge in [-0.15, -0.1) is 0 Å². The molecular weight excluding hydrogens is 402 g/mol. The Hall–Kier alpha value is -2.86. The molecule has 1 amide bonds. The molecule has 0 radical (unpaired) electrons. The largest absolute Gasteiger partial charge is 0.465 e. The Morgan fingerprint density at radius 1 is 1.13 bits per heavy atom. The van der Waals surface area contributed by atoms with E-state index in [4.69, 9.17) is 21.3 Å². The normalized spacial score (nSPS) is 18.5. The number of carbonyl (C=O) groups excluding carboxylic acids is 2. The summed E-state index contributed by atoms with van der Waals surface area (Å²) in [6.07, 6.45) is 1.73. The van der Waals surface area contributed by atoms with Gasteiger partial charge in [-0.2, -0.15) is 0 Å². The molecule has 2 atom stereocenters. The van der Waals surface area contributed by atoms with Crippen molar-refractivity contribution in [1.29, 1.82) is 0 Å². The highest BCUT2D eigenvalue weighted by Gasteiger charge is 2.48. The Bertz CT molecular complexity index is 1090. The van der Waals surface area contributed by atoms with Crippen LogP contribution in [0.15, 0.2) is 48.5 Å². The molecule has 1 aromatic heterocycles. The van der Waals surface area contributed by atoms with Crippen molar-refractivity contribution >= 4 is 40.5 Å². The molecule has 4 rings (SSSR count). The second-order valence-corrected chi connectivity index (χ2v) is 7.72. The van der Waals surface area contributed by atoms with Crippen LogP contribution in [0.5, 0.6) is 0 Å². The molecule has 2 heterocycles. The van der Waals surface area contributed by atoms with Gasteiger partial charge in [0.1, 0.15) is 0 Å². The van der Waals surface area contributed by atoms with E-state index in [1.165, 1.54) is 0 Å². The highest BCUT2D eigenvalue weighted by Crippen LogP contribution is 2.43. The summed E-state index contributed by atoms with van der Waals surface area (Å²) in [5, 5.41) is 0.496. The molecule has 0 unspecified atom stereocenters. The maximum absolute atomic E-state index is 13.6. The molecule has 30 heavy (non-hydrogen) atoms. The third-order valence-corrected chi connectivity index (χ3v) is 5.79. The van der Waals surface area contributed by atoms with E-state index in [1.807, 2.05) is 47.0 Å². The van der Waals surface area contributed by atoms with Crippen molar-refractivity contribution in [3.8, 4) is 0 Å². The second-order valence-electron chi connectivity index (χ2n) is 7.31. The SMILES string of the molecule is CCCCN1C(=O)[C@H](C(=O)OCC)[C@H](c2ccccc2Cl)n2c1nc1ccccc12. The third kappa shape index (κ3) is 3.35. The summed E-state index contributed by atoms with van der Waals surface area (Å²) in [6.45, 7) is 4.49. The van der Waals surface area contributed by atoms with Gasteiger partial charge in [0, 0.05) is 11.6 Å². The van der Waals surface area contributed by atoms with Crippen LogP contribution < -0.4 is 4.90 Å². The van der Waals surface area contributed by atoms with Gasteiger partial charge >= 0.3 is 5.97 Å². The second kappa shape index (κ2) is 8.48. The topological polar surface area (TPSA) is 64.4 Å². The van der Waals surface area contributed by atoms with E-state index in [0.717, 1.165) is 23.9 Å². The molecule has 7 heteroatoms. The van der Waals surface area contributed by atoms with E-state index < -0.39 is 17.9 Å². The first-order valence-corrected chi connectivity index (χ1v) is 10.7. The molecule has 0 saturated carbocycles. The number of imidazole rings is 1. The minimum atomic E-state index is -1.04. The first kappa shape index (κ1) is 20.4. The van der Waals surface area contributed by atoms with Crippen LogP contribution >= 0.6 is 11.6 Å². The molecule has 6 nitrogen and oxygen atoms in total. The number of carbonyl (C=O) groups is 2. The Kier molecular flexibility index (Phi) is 5.77. The zero-order valence-corrected chi connectivity index (χ0v) is 17.8. The van der Waals surface area contributed by atoms with Gasteiger partial charge in [-0.1, -0.05) is 55.3 Å². The summed E-state index contributed by atoms with van der Waals surface area (Å²) in [7, 11) is 0. The van der Waals surface area contributed by atoms with E-state index in [2.05, 4.69) is 6.92 Å². The number of hydrogen-bond donors (Lipinski definition) is 0.